The standard InChI is InChI=1S/C19H18N4O2S/c1-12-4-6-13(7-5-12)15-11-26-19-21-20-18(23(19)22-15)14-8-9-16(24-2)17(10-14)25-3/h4-10H,11H2,1-3H3. The van der Waals surface area contributed by atoms with Gasteiger partial charge in [-0.2, -0.15) is 9.78 Å². The maximum atomic E-state index is 5.40. The molecule has 4 rings (SSSR count). The van der Waals surface area contributed by atoms with E-state index in [1.54, 1.807) is 30.7 Å². The quantitative estimate of drug-likeness (QED) is 0.706. The highest BCUT2D eigenvalue weighted by molar-refractivity contribution is 7.99. The minimum absolute atomic E-state index is 0.647. The number of thioether (sulfide) groups is 1. The van der Waals surface area contributed by atoms with Crippen LogP contribution in [0.5, 0.6) is 11.5 Å². The van der Waals surface area contributed by atoms with Gasteiger partial charge in [-0.05, 0) is 30.7 Å². The molecule has 1 aromatic heterocycles. The number of hydrogen-bond donors (Lipinski definition) is 0. The zero-order valence-electron chi connectivity index (χ0n) is 14.8. The van der Waals surface area contributed by atoms with Gasteiger partial charge in [0.2, 0.25) is 5.16 Å². The lowest BCUT2D eigenvalue weighted by Gasteiger charge is -2.14. The maximum Gasteiger partial charge on any atom is 0.212 e. The third kappa shape index (κ3) is 2.94. The molecule has 0 aliphatic carbocycles. The second-order valence-electron chi connectivity index (χ2n) is 5.89. The van der Waals surface area contributed by atoms with E-state index < -0.39 is 0 Å². The highest BCUT2D eigenvalue weighted by atomic mass is 32.2. The number of hydrogen-bond acceptors (Lipinski definition) is 6. The molecule has 3 aromatic rings. The molecule has 0 bridgehead atoms. The summed E-state index contributed by atoms with van der Waals surface area (Å²) >= 11 is 1.63. The van der Waals surface area contributed by atoms with Crippen molar-refractivity contribution in [2.24, 2.45) is 5.10 Å². The molecule has 1 aliphatic heterocycles. The van der Waals surface area contributed by atoms with Crippen molar-refractivity contribution in [1.82, 2.24) is 14.9 Å². The number of aryl methyl sites for hydroxylation is 1. The molecule has 2 heterocycles. The van der Waals surface area contributed by atoms with Crippen molar-refractivity contribution in [2.45, 2.75) is 12.1 Å². The van der Waals surface area contributed by atoms with Gasteiger partial charge in [-0.15, -0.1) is 10.2 Å². The van der Waals surface area contributed by atoms with E-state index in [1.807, 2.05) is 18.2 Å². The molecular formula is C19H18N4O2S. The van der Waals surface area contributed by atoms with Crippen LogP contribution in [0.1, 0.15) is 11.1 Å². The molecule has 0 fully saturated rings. The van der Waals surface area contributed by atoms with Crippen molar-refractivity contribution in [2.75, 3.05) is 20.0 Å². The van der Waals surface area contributed by atoms with Crippen molar-refractivity contribution in [1.29, 1.82) is 0 Å². The number of benzene rings is 2. The Morgan fingerprint density at radius 1 is 0.923 bits per heavy atom. The summed E-state index contributed by atoms with van der Waals surface area (Å²) in [6, 6.07) is 14.1. The Labute approximate surface area is 155 Å². The Morgan fingerprint density at radius 2 is 1.65 bits per heavy atom. The van der Waals surface area contributed by atoms with Crippen molar-refractivity contribution in [3.05, 3.63) is 53.6 Å². The molecule has 7 heteroatoms. The number of aromatic nitrogens is 3. The first-order valence-electron chi connectivity index (χ1n) is 8.15. The molecule has 0 N–H and O–H groups in total. The molecule has 26 heavy (non-hydrogen) atoms. The molecule has 0 saturated heterocycles. The van der Waals surface area contributed by atoms with Gasteiger partial charge in [0.05, 0.1) is 19.9 Å². The molecule has 1 aliphatic rings. The first-order chi connectivity index (χ1) is 12.7. The van der Waals surface area contributed by atoms with Crippen molar-refractivity contribution in [3.8, 4) is 22.9 Å². The van der Waals surface area contributed by atoms with Gasteiger partial charge < -0.3 is 9.47 Å². The average Bonchev–Trinajstić information content (AvgIpc) is 3.11. The Morgan fingerprint density at radius 3 is 2.38 bits per heavy atom. The molecular weight excluding hydrogens is 348 g/mol. The number of rotatable bonds is 4. The van der Waals surface area contributed by atoms with Gasteiger partial charge in [-0.1, -0.05) is 41.6 Å². The van der Waals surface area contributed by atoms with Crippen LogP contribution in [0.25, 0.3) is 11.4 Å². The van der Waals surface area contributed by atoms with Gasteiger partial charge >= 0.3 is 0 Å². The largest absolute Gasteiger partial charge is 0.493 e. The van der Waals surface area contributed by atoms with Crippen LogP contribution in [0.2, 0.25) is 0 Å². The van der Waals surface area contributed by atoms with E-state index in [9.17, 15) is 0 Å². The van der Waals surface area contributed by atoms with Gasteiger partial charge in [-0.25, -0.2) is 0 Å². The fraction of sp³-hybridized carbons (Fsp3) is 0.211. The number of fused-ring (bicyclic) bond motifs is 1. The predicted molar refractivity (Wildman–Crippen MR) is 102 cm³/mol. The number of ether oxygens (including phenoxy) is 2. The summed E-state index contributed by atoms with van der Waals surface area (Å²) in [5.74, 6) is 2.77. The monoisotopic (exact) mass is 366 g/mol. The fourth-order valence-electron chi connectivity index (χ4n) is 2.77. The van der Waals surface area contributed by atoms with Crippen molar-refractivity contribution >= 4 is 17.5 Å². The molecule has 0 unspecified atom stereocenters. The lowest BCUT2D eigenvalue weighted by molar-refractivity contribution is 0.355. The highest BCUT2D eigenvalue weighted by Crippen LogP contribution is 2.34. The summed E-state index contributed by atoms with van der Waals surface area (Å²) in [6.45, 7) is 2.08. The van der Waals surface area contributed by atoms with Crippen LogP contribution in [0.15, 0.2) is 52.7 Å². The molecule has 6 nitrogen and oxygen atoms in total. The van der Waals surface area contributed by atoms with Gasteiger partial charge in [0, 0.05) is 11.3 Å². The summed E-state index contributed by atoms with van der Waals surface area (Å²) in [6.07, 6.45) is 0. The Bertz CT molecular complexity index is 980. The van der Waals surface area contributed by atoms with Crippen LogP contribution < -0.4 is 9.47 Å². The lowest BCUT2D eigenvalue weighted by atomic mass is 10.1. The zero-order chi connectivity index (χ0) is 18.1. The van der Waals surface area contributed by atoms with E-state index in [1.165, 1.54) is 5.56 Å². The van der Waals surface area contributed by atoms with Crippen molar-refractivity contribution in [3.63, 3.8) is 0 Å². The third-order valence-electron chi connectivity index (χ3n) is 4.20. The van der Waals surface area contributed by atoms with Crippen LogP contribution in [0, 0.1) is 6.92 Å². The lowest BCUT2D eigenvalue weighted by Crippen LogP contribution is -2.13. The van der Waals surface area contributed by atoms with E-state index >= 15 is 0 Å². The van der Waals surface area contributed by atoms with E-state index in [-0.39, 0.29) is 0 Å². The summed E-state index contributed by atoms with van der Waals surface area (Å²) in [5, 5.41) is 14.2. The topological polar surface area (TPSA) is 61.5 Å². The van der Waals surface area contributed by atoms with Crippen LogP contribution in [-0.2, 0) is 0 Å². The zero-order valence-corrected chi connectivity index (χ0v) is 15.6. The molecule has 132 valence electrons. The SMILES string of the molecule is COc1ccc(-c2nnc3n2N=C(c2ccc(C)cc2)CS3)cc1OC. The number of methoxy groups -OCH3 is 2. The van der Waals surface area contributed by atoms with Crippen molar-refractivity contribution < 1.29 is 9.47 Å². The summed E-state index contributed by atoms with van der Waals surface area (Å²) < 4.78 is 12.5. The van der Waals surface area contributed by atoms with Crippen LogP contribution in [-0.4, -0.2) is 40.6 Å². The second-order valence-corrected chi connectivity index (χ2v) is 6.83. The second kappa shape index (κ2) is 6.84. The third-order valence-corrected chi connectivity index (χ3v) is 5.13. The summed E-state index contributed by atoms with van der Waals surface area (Å²) in [7, 11) is 3.23. The molecule has 0 spiro atoms. The fourth-order valence-corrected chi connectivity index (χ4v) is 3.61. The normalized spacial score (nSPS) is 13.1. The Hall–Kier alpha value is -2.80. The number of nitrogens with zero attached hydrogens (tertiary/aromatic N) is 4. The molecule has 0 saturated carbocycles. The van der Waals surface area contributed by atoms with E-state index in [2.05, 4.69) is 41.4 Å². The van der Waals surface area contributed by atoms with Gasteiger partial charge in [0.15, 0.2) is 17.3 Å². The minimum Gasteiger partial charge on any atom is -0.493 e. The van der Waals surface area contributed by atoms with Crippen LogP contribution in [0.3, 0.4) is 0 Å². The molecule has 0 radical (unpaired) electrons. The highest BCUT2D eigenvalue weighted by Gasteiger charge is 2.21. The molecule has 2 aromatic carbocycles. The van der Waals surface area contributed by atoms with Crippen LogP contribution in [0.4, 0.5) is 0 Å². The van der Waals surface area contributed by atoms with Gasteiger partial charge in [0.1, 0.15) is 0 Å². The predicted octanol–water partition coefficient (Wildman–Crippen LogP) is 3.63. The van der Waals surface area contributed by atoms with E-state index in [4.69, 9.17) is 14.6 Å². The van der Waals surface area contributed by atoms with Gasteiger partial charge in [0.25, 0.3) is 0 Å². The summed E-state index contributed by atoms with van der Waals surface area (Å²) in [4.78, 5) is 0. The first kappa shape index (κ1) is 16.7. The maximum absolute atomic E-state index is 5.40. The van der Waals surface area contributed by atoms with E-state index in [0.29, 0.717) is 17.3 Å². The van der Waals surface area contributed by atoms with Crippen LogP contribution >= 0.6 is 11.8 Å². The Kier molecular flexibility index (Phi) is 4.38. The average molecular weight is 366 g/mol. The van der Waals surface area contributed by atoms with E-state index in [0.717, 1.165) is 27.7 Å². The smallest absolute Gasteiger partial charge is 0.212 e. The summed E-state index contributed by atoms with van der Waals surface area (Å²) in [5.41, 5.74) is 4.22. The molecule has 0 atom stereocenters. The minimum atomic E-state index is 0.647. The van der Waals surface area contributed by atoms with Gasteiger partial charge in [-0.3, -0.25) is 0 Å². The molecule has 0 amide bonds. The Balaban J connectivity index is 1.77. The first-order valence-corrected chi connectivity index (χ1v) is 9.13.